The zero-order valence-corrected chi connectivity index (χ0v) is 7.04. The van der Waals surface area contributed by atoms with Gasteiger partial charge < -0.3 is 24.8 Å². The number of hydrogen-bond donors (Lipinski definition) is 3. The van der Waals surface area contributed by atoms with E-state index in [9.17, 15) is 15.3 Å². The maximum Gasteiger partial charge on any atom is 0.184 e. The fourth-order valence-electron chi connectivity index (χ4n) is 1.27. The summed E-state index contributed by atoms with van der Waals surface area (Å²) in [6.45, 7) is 1.57. The van der Waals surface area contributed by atoms with E-state index in [1.165, 1.54) is 7.11 Å². The van der Waals surface area contributed by atoms with Crippen molar-refractivity contribution in [2.45, 2.75) is 37.6 Å². The molecule has 0 aromatic rings. The van der Waals surface area contributed by atoms with Crippen LogP contribution >= 0.6 is 0 Å². The van der Waals surface area contributed by atoms with Crippen LogP contribution in [0.1, 0.15) is 6.92 Å². The molecule has 1 fully saturated rings. The molecule has 5 unspecified atom stereocenters. The summed E-state index contributed by atoms with van der Waals surface area (Å²) in [7, 11) is 1.34. The molecule has 5 atom stereocenters. The number of hydrogen-bond acceptors (Lipinski definition) is 5. The zero-order chi connectivity index (χ0) is 9.30. The minimum absolute atomic E-state index is 0.582. The fourth-order valence-corrected chi connectivity index (χ4v) is 1.27. The van der Waals surface area contributed by atoms with E-state index in [1.807, 2.05) is 0 Å². The van der Waals surface area contributed by atoms with E-state index in [2.05, 4.69) is 0 Å². The van der Waals surface area contributed by atoms with Gasteiger partial charge >= 0.3 is 0 Å². The van der Waals surface area contributed by atoms with Gasteiger partial charge in [0.25, 0.3) is 0 Å². The molecule has 0 bridgehead atoms. The maximum absolute atomic E-state index is 9.36. The highest BCUT2D eigenvalue weighted by Crippen LogP contribution is 2.20. The maximum atomic E-state index is 9.36. The smallest absolute Gasteiger partial charge is 0.184 e. The third kappa shape index (κ3) is 1.60. The Morgan fingerprint density at radius 1 is 1.17 bits per heavy atom. The molecule has 0 saturated carbocycles. The second kappa shape index (κ2) is 3.68. The lowest BCUT2D eigenvalue weighted by molar-refractivity contribution is -0.283. The van der Waals surface area contributed by atoms with Crippen molar-refractivity contribution in [1.29, 1.82) is 0 Å². The number of aliphatic hydroxyl groups is 3. The first-order valence-electron chi connectivity index (χ1n) is 3.80. The molecule has 5 nitrogen and oxygen atoms in total. The Morgan fingerprint density at radius 2 is 1.75 bits per heavy atom. The van der Waals surface area contributed by atoms with Crippen molar-refractivity contribution in [1.82, 2.24) is 0 Å². The molecule has 0 amide bonds. The number of ether oxygens (including phenoxy) is 2. The van der Waals surface area contributed by atoms with Crippen LogP contribution in [0.5, 0.6) is 0 Å². The molecule has 0 aromatic carbocycles. The van der Waals surface area contributed by atoms with Gasteiger partial charge in [0.15, 0.2) is 6.29 Å². The van der Waals surface area contributed by atoms with Crippen molar-refractivity contribution < 1.29 is 24.8 Å². The minimum Gasteiger partial charge on any atom is -0.388 e. The third-order valence-electron chi connectivity index (χ3n) is 2.07. The standard InChI is InChI=1S/C7H14O5/c1-3-4(8)5(9)6(11-2)7(10)12-3/h3-10H,1-2H3. The highest BCUT2D eigenvalue weighted by molar-refractivity contribution is 4.87. The molecule has 1 saturated heterocycles. The van der Waals surface area contributed by atoms with Gasteiger partial charge in [-0.1, -0.05) is 0 Å². The Balaban J connectivity index is 2.65. The quantitative estimate of drug-likeness (QED) is 0.453. The summed E-state index contributed by atoms with van der Waals surface area (Å²) in [5.74, 6) is 0. The van der Waals surface area contributed by atoms with Crippen molar-refractivity contribution >= 4 is 0 Å². The summed E-state index contributed by atoms with van der Waals surface area (Å²) in [4.78, 5) is 0. The molecule has 0 radical (unpaired) electrons. The summed E-state index contributed by atoms with van der Waals surface area (Å²) in [6.07, 6.45) is -4.76. The van der Waals surface area contributed by atoms with Gasteiger partial charge in [-0.05, 0) is 6.92 Å². The van der Waals surface area contributed by atoms with Crippen LogP contribution in [0.25, 0.3) is 0 Å². The van der Waals surface area contributed by atoms with E-state index in [-0.39, 0.29) is 0 Å². The summed E-state index contributed by atoms with van der Waals surface area (Å²) in [6, 6.07) is 0. The van der Waals surface area contributed by atoms with Crippen LogP contribution in [0.15, 0.2) is 0 Å². The highest BCUT2D eigenvalue weighted by Gasteiger charge is 2.41. The molecule has 0 spiro atoms. The Hall–Kier alpha value is -0.200. The van der Waals surface area contributed by atoms with Gasteiger partial charge in [0.05, 0.1) is 6.10 Å². The van der Waals surface area contributed by atoms with Crippen LogP contribution < -0.4 is 0 Å². The molecule has 12 heavy (non-hydrogen) atoms. The monoisotopic (exact) mass is 178 g/mol. The second-order valence-corrected chi connectivity index (χ2v) is 2.91. The molecular weight excluding hydrogens is 164 g/mol. The Kier molecular flexibility index (Phi) is 3.03. The van der Waals surface area contributed by atoms with Gasteiger partial charge in [-0.3, -0.25) is 0 Å². The predicted molar refractivity (Wildman–Crippen MR) is 39.4 cm³/mol. The first-order valence-corrected chi connectivity index (χ1v) is 3.80. The van der Waals surface area contributed by atoms with Crippen LogP contribution in [-0.4, -0.2) is 53.1 Å². The van der Waals surface area contributed by atoms with Crippen LogP contribution in [0, 0.1) is 0 Å². The van der Waals surface area contributed by atoms with Gasteiger partial charge in [-0.15, -0.1) is 0 Å². The number of rotatable bonds is 1. The zero-order valence-electron chi connectivity index (χ0n) is 7.04. The molecule has 3 N–H and O–H groups in total. The average molecular weight is 178 g/mol. The number of aliphatic hydroxyl groups excluding tert-OH is 3. The Morgan fingerprint density at radius 3 is 2.25 bits per heavy atom. The largest absolute Gasteiger partial charge is 0.388 e. The summed E-state index contributed by atoms with van der Waals surface area (Å²) < 4.78 is 9.64. The topological polar surface area (TPSA) is 79.2 Å². The normalized spacial score (nSPS) is 49.2. The molecular formula is C7H14O5. The van der Waals surface area contributed by atoms with E-state index in [1.54, 1.807) is 6.92 Å². The van der Waals surface area contributed by atoms with Gasteiger partial charge in [0.1, 0.15) is 18.3 Å². The summed E-state index contributed by atoms with van der Waals surface area (Å²) in [5.41, 5.74) is 0. The second-order valence-electron chi connectivity index (χ2n) is 2.91. The Labute approximate surface area is 70.5 Å². The van der Waals surface area contributed by atoms with E-state index in [0.29, 0.717) is 0 Å². The van der Waals surface area contributed by atoms with Crippen LogP contribution in [0.2, 0.25) is 0 Å². The summed E-state index contributed by atoms with van der Waals surface area (Å²) in [5, 5.41) is 27.9. The first kappa shape index (κ1) is 9.88. The van der Waals surface area contributed by atoms with Gasteiger partial charge in [0.2, 0.25) is 0 Å². The van der Waals surface area contributed by atoms with E-state index >= 15 is 0 Å². The molecule has 1 aliphatic heterocycles. The molecule has 5 heteroatoms. The summed E-state index contributed by atoms with van der Waals surface area (Å²) >= 11 is 0. The van der Waals surface area contributed by atoms with Crippen molar-refractivity contribution in [2.75, 3.05) is 7.11 Å². The third-order valence-corrected chi connectivity index (χ3v) is 2.07. The van der Waals surface area contributed by atoms with Gasteiger partial charge in [-0.2, -0.15) is 0 Å². The first-order chi connectivity index (χ1) is 5.57. The van der Waals surface area contributed by atoms with E-state index in [4.69, 9.17) is 9.47 Å². The predicted octanol–water partition coefficient (Wildman–Crippen LogP) is -1.54. The lowest BCUT2D eigenvalue weighted by Crippen LogP contribution is -2.57. The minimum atomic E-state index is -1.18. The number of methoxy groups -OCH3 is 1. The molecule has 0 aliphatic carbocycles. The van der Waals surface area contributed by atoms with E-state index < -0.39 is 30.7 Å². The van der Waals surface area contributed by atoms with Gasteiger partial charge in [-0.25, -0.2) is 0 Å². The van der Waals surface area contributed by atoms with Gasteiger partial charge in [0, 0.05) is 7.11 Å². The molecule has 0 aromatic heterocycles. The van der Waals surface area contributed by atoms with Crippen molar-refractivity contribution in [3.8, 4) is 0 Å². The van der Waals surface area contributed by atoms with Crippen molar-refractivity contribution in [3.63, 3.8) is 0 Å². The Bertz CT molecular complexity index is 151. The van der Waals surface area contributed by atoms with Crippen LogP contribution in [-0.2, 0) is 9.47 Å². The lowest BCUT2D eigenvalue weighted by atomic mass is 10.00. The highest BCUT2D eigenvalue weighted by atomic mass is 16.7. The molecule has 1 aliphatic rings. The molecule has 1 heterocycles. The van der Waals surface area contributed by atoms with E-state index in [0.717, 1.165) is 0 Å². The van der Waals surface area contributed by atoms with Crippen molar-refractivity contribution in [3.05, 3.63) is 0 Å². The van der Waals surface area contributed by atoms with Crippen LogP contribution in [0.3, 0.4) is 0 Å². The SMILES string of the molecule is COC1C(O)OC(C)C(O)C1O. The molecule has 72 valence electrons. The van der Waals surface area contributed by atoms with Crippen LogP contribution in [0.4, 0.5) is 0 Å². The fraction of sp³-hybridized carbons (Fsp3) is 1.00. The molecule has 1 rings (SSSR count). The average Bonchev–Trinajstić information content (AvgIpc) is 2.01. The lowest BCUT2D eigenvalue weighted by Gasteiger charge is -2.38. The van der Waals surface area contributed by atoms with Crippen molar-refractivity contribution in [2.24, 2.45) is 0 Å².